The van der Waals surface area contributed by atoms with Gasteiger partial charge in [-0.1, -0.05) is 5.16 Å². The van der Waals surface area contributed by atoms with E-state index in [0.717, 1.165) is 49.4 Å². The minimum atomic E-state index is -0.164. The molecule has 28 heavy (non-hydrogen) atoms. The normalized spacial score (nSPS) is 19.1. The van der Waals surface area contributed by atoms with Gasteiger partial charge in [0.25, 0.3) is 0 Å². The van der Waals surface area contributed by atoms with E-state index >= 15 is 0 Å². The summed E-state index contributed by atoms with van der Waals surface area (Å²) in [6.07, 6.45) is 9.07. The summed E-state index contributed by atoms with van der Waals surface area (Å²) in [5, 5.41) is 8.57. The Morgan fingerprint density at radius 2 is 2.14 bits per heavy atom. The Balaban J connectivity index is 1.37. The summed E-state index contributed by atoms with van der Waals surface area (Å²) >= 11 is 0. The number of carbonyl (C=O) groups is 1. The van der Waals surface area contributed by atoms with E-state index < -0.39 is 0 Å². The summed E-state index contributed by atoms with van der Waals surface area (Å²) in [7, 11) is 1.72. The lowest BCUT2D eigenvalue weighted by molar-refractivity contribution is -0.133. The van der Waals surface area contributed by atoms with Crippen LogP contribution in [0.15, 0.2) is 16.9 Å². The highest BCUT2D eigenvalue weighted by Gasteiger charge is 2.42. The minimum absolute atomic E-state index is 0.164. The highest BCUT2D eigenvalue weighted by atomic mass is 16.5. The number of aryl methyl sites for hydroxylation is 2. The number of piperidine rings is 1. The fourth-order valence-corrected chi connectivity index (χ4v) is 3.97. The Kier molecular flexibility index (Phi) is 5.48. The van der Waals surface area contributed by atoms with Crippen LogP contribution in [-0.4, -0.2) is 57.5 Å². The van der Waals surface area contributed by atoms with Crippen LogP contribution < -0.4 is 0 Å². The summed E-state index contributed by atoms with van der Waals surface area (Å²) in [5.74, 6) is 2.21. The molecular formula is C20H29N5O3. The second-order valence-corrected chi connectivity index (χ2v) is 8.17. The lowest BCUT2D eigenvalue weighted by atomic mass is 9.75. The van der Waals surface area contributed by atoms with Gasteiger partial charge in [0.05, 0.1) is 6.20 Å². The van der Waals surface area contributed by atoms with E-state index in [0.29, 0.717) is 38.6 Å². The van der Waals surface area contributed by atoms with Crippen LogP contribution in [0.2, 0.25) is 0 Å². The Hall–Kier alpha value is -2.22. The zero-order valence-corrected chi connectivity index (χ0v) is 16.8. The number of nitrogens with zero attached hydrogens (tertiary/aromatic N) is 5. The maximum atomic E-state index is 12.7. The Morgan fingerprint density at radius 1 is 1.36 bits per heavy atom. The van der Waals surface area contributed by atoms with Crippen molar-refractivity contribution in [1.29, 1.82) is 0 Å². The molecule has 2 aromatic rings. The quantitative estimate of drug-likeness (QED) is 0.691. The molecule has 1 amide bonds. The van der Waals surface area contributed by atoms with Gasteiger partial charge in [-0.15, -0.1) is 0 Å². The minimum Gasteiger partial charge on any atom is -0.385 e. The molecule has 4 rings (SSSR count). The van der Waals surface area contributed by atoms with E-state index in [1.165, 1.54) is 0 Å². The van der Waals surface area contributed by atoms with Crippen LogP contribution in [0, 0.1) is 6.92 Å². The van der Waals surface area contributed by atoms with Crippen LogP contribution in [0.1, 0.15) is 61.7 Å². The molecule has 8 nitrogen and oxygen atoms in total. The molecule has 0 atom stereocenters. The molecule has 2 aliphatic rings. The van der Waals surface area contributed by atoms with Gasteiger partial charge in [-0.05, 0) is 44.6 Å². The number of methoxy groups -OCH3 is 1. The topological polar surface area (TPSA) is 86.3 Å². The third-order valence-corrected chi connectivity index (χ3v) is 6.02. The number of hydrogen-bond acceptors (Lipinski definition) is 6. The van der Waals surface area contributed by atoms with Crippen molar-refractivity contribution in [3.8, 4) is 0 Å². The van der Waals surface area contributed by atoms with E-state index in [2.05, 4.69) is 10.3 Å². The summed E-state index contributed by atoms with van der Waals surface area (Å²) in [4.78, 5) is 19.3. The van der Waals surface area contributed by atoms with Gasteiger partial charge in [-0.25, -0.2) is 0 Å². The van der Waals surface area contributed by atoms with Crippen molar-refractivity contribution in [2.24, 2.45) is 0 Å². The summed E-state index contributed by atoms with van der Waals surface area (Å²) < 4.78 is 12.7. The van der Waals surface area contributed by atoms with Crippen LogP contribution in [0.5, 0.6) is 0 Å². The number of hydrogen-bond donors (Lipinski definition) is 0. The molecule has 0 radical (unpaired) electrons. The largest absolute Gasteiger partial charge is 0.385 e. The number of ether oxygens (including phenoxy) is 1. The standard InChI is InChI=1S/C20H29N5O3/c1-15-13-21-25(14-15)9-5-17(26)24-10-6-20(7-11-24,8-12-27-2)19-22-18(28-23-19)16-3-4-16/h13-14,16H,3-12H2,1-2H3. The van der Waals surface area contributed by atoms with E-state index in [9.17, 15) is 4.79 Å². The van der Waals surface area contributed by atoms with Gasteiger partial charge in [0, 0.05) is 57.3 Å². The van der Waals surface area contributed by atoms with Gasteiger partial charge >= 0.3 is 0 Å². The molecule has 2 aromatic heterocycles. The van der Waals surface area contributed by atoms with E-state index in [1.54, 1.807) is 7.11 Å². The molecule has 1 saturated carbocycles. The van der Waals surface area contributed by atoms with Crippen molar-refractivity contribution in [3.05, 3.63) is 29.7 Å². The lowest BCUT2D eigenvalue weighted by Crippen LogP contribution is -2.46. The van der Waals surface area contributed by atoms with Crippen molar-refractivity contribution in [2.45, 2.75) is 63.3 Å². The molecule has 0 unspecified atom stereocenters. The van der Waals surface area contributed by atoms with Gasteiger partial charge < -0.3 is 14.2 Å². The molecule has 8 heteroatoms. The lowest BCUT2D eigenvalue weighted by Gasteiger charge is -2.39. The van der Waals surface area contributed by atoms with Crippen molar-refractivity contribution in [3.63, 3.8) is 0 Å². The van der Waals surface area contributed by atoms with Crippen LogP contribution in [-0.2, 0) is 21.5 Å². The monoisotopic (exact) mass is 387 g/mol. The van der Waals surface area contributed by atoms with Crippen molar-refractivity contribution < 1.29 is 14.1 Å². The number of likely N-dealkylation sites (tertiary alicyclic amines) is 1. The number of carbonyl (C=O) groups excluding carboxylic acids is 1. The third kappa shape index (κ3) is 4.11. The molecule has 0 aromatic carbocycles. The van der Waals surface area contributed by atoms with Gasteiger partial charge in [0.1, 0.15) is 0 Å². The Bertz CT molecular complexity index is 802. The zero-order valence-electron chi connectivity index (χ0n) is 16.8. The molecule has 0 N–H and O–H groups in total. The Morgan fingerprint density at radius 3 is 2.79 bits per heavy atom. The smallest absolute Gasteiger partial charge is 0.229 e. The van der Waals surface area contributed by atoms with Gasteiger partial charge in [-0.2, -0.15) is 10.1 Å². The molecule has 1 aliphatic heterocycles. The van der Waals surface area contributed by atoms with Crippen LogP contribution in [0.25, 0.3) is 0 Å². The van der Waals surface area contributed by atoms with E-state index in [4.69, 9.17) is 14.2 Å². The van der Waals surface area contributed by atoms with Crippen molar-refractivity contribution in [2.75, 3.05) is 26.8 Å². The fourth-order valence-electron chi connectivity index (χ4n) is 3.97. The fraction of sp³-hybridized carbons (Fsp3) is 0.700. The first-order valence-corrected chi connectivity index (χ1v) is 10.2. The number of amides is 1. The van der Waals surface area contributed by atoms with Gasteiger partial charge in [0.2, 0.25) is 11.8 Å². The molecule has 2 fully saturated rings. The first-order chi connectivity index (χ1) is 13.6. The zero-order chi connectivity index (χ0) is 19.6. The first kappa shape index (κ1) is 19.1. The maximum Gasteiger partial charge on any atom is 0.229 e. The van der Waals surface area contributed by atoms with Crippen LogP contribution in [0.4, 0.5) is 0 Å². The predicted octanol–water partition coefficient (Wildman–Crippen LogP) is 2.44. The molecule has 1 aliphatic carbocycles. The molecule has 1 saturated heterocycles. The van der Waals surface area contributed by atoms with Crippen molar-refractivity contribution in [1.82, 2.24) is 24.8 Å². The summed E-state index contributed by atoms with van der Waals surface area (Å²) in [6, 6.07) is 0. The van der Waals surface area contributed by atoms with E-state index in [-0.39, 0.29) is 11.3 Å². The first-order valence-electron chi connectivity index (χ1n) is 10.2. The molecular weight excluding hydrogens is 358 g/mol. The van der Waals surface area contributed by atoms with E-state index in [1.807, 2.05) is 28.9 Å². The predicted molar refractivity (Wildman–Crippen MR) is 102 cm³/mol. The summed E-state index contributed by atoms with van der Waals surface area (Å²) in [6.45, 7) is 4.71. The summed E-state index contributed by atoms with van der Waals surface area (Å²) in [5.41, 5.74) is 0.946. The Labute approximate surface area is 165 Å². The molecule has 0 spiro atoms. The third-order valence-electron chi connectivity index (χ3n) is 6.02. The molecule has 0 bridgehead atoms. The van der Waals surface area contributed by atoms with Crippen LogP contribution >= 0.6 is 0 Å². The van der Waals surface area contributed by atoms with Gasteiger partial charge in [-0.3, -0.25) is 9.48 Å². The molecule has 152 valence electrons. The highest BCUT2D eigenvalue weighted by Crippen LogP contribution is 2.42. The highest BCUT2D eigenvalue weighted by molar-refractivity contribution is 5.76. The van der Waals surface area contributed by atoms with Crippen LogP contribution in [0.3, 0.4) is 0 Å². The second kappa shape index (κ2) is 8.03. The number of aromatic nitrogens is 4. The molecule has 3 heterocycles. The van der Waals surface area contributed by atoms with Gasteiger partial charge in [0.15, 0.2) is 5.82 Å². The number of rotatable bonds is 8. The maximum absolute atomic E-state index is 12.7. The van der Waals surface area contributed by atoms with Crippen molar-refractivity contribution >= 4 is 5.91 Å². The SMILES string of the molecule is COCCC1(c2noc(C3CC3)n2)CCN(C(=O)CCn2cc(C)cn2)CC1. The average Bonchev–Trinajstić information content (AvgIpc) is 3.28. The second-order valence-electron chi connectivity index (χ2n) is 8.17. The average molecular weight is 387 g/mol.